The topological polar surface area (TPSA) is 72.8 Å². The van der Waals surface area contributed by atoms with Crippen LogP contribution in [0.1, 0.15) is 56.9 Å². The summed E-state index contributed by atoms with van der Waals surface area (Å²) in [5, 5.41) is 3.04. The predicted octanol–water partition coefficient (Wildman–Crippen LogP) is 5.19. The summed E-state index contributed by atoms with van der Waals surface area (Å²) >= 11 is 3.11. The molecule has 0 radical (unpaired) electrons. The Bertz CT molecular complexity index is 913. The van der Waals surface area contributed by atoms with Crippen molar-refractivity contribution in [1.82, 2.24) is 10.3 Å². The molecule has 170 valence electrons. The fourth-order valence-electron chi connectivity index (χ4n) is 3.55. The summed E-state index contributed by atoms with van der Waals surface area (Å²) in [4.78, 5) is 21.7. The lowest BCUT2D eigenvalue weighted by molar-refractivity contribution is -0.153. The maximum Gasteiger partial charge on any atom is 0.422 e. The number of ether oxygens (including phenoxy) is 2. The number of aromatic nitrogens is 1. The molecule has 1 N–H and O–H groups in total. The third-order valence-corrected chi connectivity index (χ3v) is 5.83. The monoisotopic (exact) mass is 503 g/mol. The van der Waals surface area contributed by atoms with Crippen LogP contribution < -0.4 is 10.1 Å². The van der Waals surface area contributed by atoms with Crippen molar-refractivity contribution in [3.05, 3.63) is 33.7 Å². The molecule has 1 fully saturated rings. The fourth-order valence-corrected chi connectivity index (χ4v) is 3.88. The zero-order chi connectivity index (χ0) is 22.8. The number of hydrogen-bond acceptors (Lipinski definition) is 5. The number of nitrogens with one attached hydrogen (secondary N) is 1. The highest BCUT2D eigenvalue weighted by atomic mass is 79.9. The van der Waals surface area contributed by atoms with Gasteiger partial charge in [0.05, 0.1) is 15.7 Å². The quantitative estimate of drug-likeness (QED) is 0.529. The van der Waals surface area contributed by atoms with Crippen molar-refractivity contribution in [2.45, 2.75) is 58.2 Å². The average Bonchev–Trinajstić information content (AvgIpc) is 3.50. The standard InChI is InChI=1S/C21H25BrF3N3O3/c1-4-14-10-30-12(2)27-18(14)20(3,8-13-5-6-13)28-19(29)16-7-17(15(22)9-26-16)31-11-21(23,24)25/h7,9,13H,4-6,8,10-11H2,1-3H3,(H,28,29). The normalized spacial score (nSPS) is 18.7. The molecule has 0 saturated heterocycles. The molecule has 3 rings (SSSR count). The zero-order valence-corrected chi connectivity index (χ0v) is 19.2. The molecule has 1 amide bonds. The van der Waals surface area contributed by atoms with E-state index in [1.807, 2.05) is 13.8 Å². The second-order valence-corrected chi connectivity index (χ2v) is 8.92. The number of hydrogen-bond donors (Lipinski definition) is 1. The van der Waals surface area contributed by atoms with Crippen LogP contribution in [0.25, 0.3) is 0 Å². The first-order chi connectivity index (χ1) is 14.5. The highest BCUT2D eigenvalue weighted by molar-refractivity contribution is 9.10. The van der Waals surface area contributed by atoms with Gasteiger partial charge in [0, 0.05) is 19.2 Å². The maximum absolute atomic E-state index is 13.1. The van der Waals surface area contributed by atoms with Gasteiger partial charge < -0.3 is 14.8 Å². The van der Waals surface area contributed by atoms with E-state index in [1.165, 1.54) is 12.3 Å². The number of rotatable bonds is 8. The predicted molar refractivity (Wildman–Crippen MR) is 113 cm³/mol. The van der Waals surface area contributed by atoms with E-state index < -0.39 is 24.2 Å². The molecular weight excluding hydrogens is 479 g/mol. The van der Waals surface area contributed by atoms with Crippen LogP contribution in [0, 0.1) is 5.92 Å². The average molecular weight is 504 g/mol. The van der Waals surface area contributed by atoms with Gasteiger partial charge in [-0.3, -0.25) is 4.79 Å². The summed E-state index contributed by atoms with van der Waals surface area (Å²) < 4.78 is 48.2. The van der Waals surface area contributed by atoms with E-state index in [4.69, 9.17) is 9.47 Å². The molecule has 1 unspecified atom stereocenters. The maximum atomic E-state index is 13.1. The van der Waals surface area contributed by atoms with E-state index in [-0.39, 0.29) is 15.9 Å². The van der Waals surface area contributed by atoms with Gasteiger partial charge in [-0.15, -0.1) is 0 Å². The van der Waals surface area contributed by atoms with Crippen LogP contribution in [0.4, 0.5) is 13.2 Å². The first-order valence-electron chi connectivity index (χ1n) is 10.1. The van der Waals surface area contributed by atoms with Gasteiger partial charge in [-0.25, -0.2) is 9.98 Å². The van der Waals surface area contributed by atoms with Crippen LogP contribution in [0.15, 0.2) is 33.0 Å². The lowest BCUT2D eigenvalue weighted by atomic mass is 9.87. The third kappa shape index (κ3) is 6.21. The number of amides is 1. The van der Waals surface area contributed by atoms with Crippen molar-refractivity contribution in [3.63, 3.8) is 0 Å². The van der Waals surface area contributed by atoms with Gasteiger partial charge in [0.2, 0.25) is 0 Å². The third-order valence-electron chi connectivity index (χ3n) is 5.24. The summed E-state index contributed by atoms with van der Waals surface area (Å²) in [6, 6.07) is 1.20. The Labute approximate surface area is 187 Å². The van der Waals surface area contributed by atoms with Gasteiger partial charge in [0.25, 0.3) is 5.91 Å². The molecule has 6 nitrogen and oxygen atoms in total. The molecule has 1 aromatic rings. The van der Waals surface area contributed by atoms with E-state index >= 15 is 0 Å². The second-order valence-electron chi connectivity index (χ2n) is 8.06. The minimum atomic E-state index is -4.49. The van der Waals surface area contributed by atoms with Gasteiger partial charge in [-0.2, -0.15) is 13.2 Å². The lowest BCUT2D eigenvalue weighted by Crippen LogP contribution is -2.49. The summed E-state index contributed by atoms with van der Waals surface area (Å²) in [6.07, 6.45) is 0.384. The van der Waals surface area contributed by atoms with E-state index in [2.05, 4.69) is 31.2 Å². The SMILES string of the molecule is CCC1=C(C(C)(CC2CC2)NC(=O)c2cc(OCC(F)(F)F)c(Br)cn2)N=C(C)OC1. The number of alkyl halides is 3. The summed E-state index contributed by atoms with van der Waals surface area (Å²) in [5.74, 6) is 0.412. The van der Waals surface area contributed by atoms with E-state index in [0.29, 0.717) is 24.8 Å². The highest BCUT2D eigenvalue weighted by Crippen LogP contribution is 2.41. The van der Waals surface area contributed by atoms with E-state index in [1.54, 1.807) is 6.92 Å². The van der Waals surface area contributed by atoms with Crippen molar-refractivity contribution >= 4 is 27.7 Å². The Kier molecular flexibility index (Phi) is 6.98. The number of nitrogens with zero attached hydrogens (tertiary/aromatic N) is 2. The Morgan fingerprint density at radius 2 is 2.10 bits per heavy atom. The van der Waals surface area contributed by atoms with Crippen LogP contribution in [0.3, 0.4) is 0 Å². The molecule has 0 aromatic carbocycles. The molecule has 1 aliphatic heterocycles. The van der Waals surface area contributed by atoms with Gasteiger partial charge in [-0.05, 0) is 47.2 Å². The van der Waals surface area contributed by atoms with Crippen LogP contribution in [0.5, 0.6) is 5.75 Å². The largest absolute Gasteiger partial charge is 0.483 e. The molecule has 0 bridgehead atoms. The second kappa shape index (κ2) is 9.18. The number of carbonyl (C=O) groups excluding carboxylic acids is 1. The number of carbonyl (C=O) groups is 1. The van der Waals surface area contributed by atoms with Crippen LogP contribution in [-0.2, 0) is 4.74 Å². The van der Waals surface area contributed by atoms with E-state index in [9.17, 15) is 18.0 Å². The minimum absolute atomic E-state index is 0.0335. The van der Waals surface area contributed by atoms with Crippen molar-refractivity contribution in [2.24, 2.45) is 10.9 Å². The summed E-state index contributed by atoms with van der Waals surface area (Å²) in [6.45, 7) is 4.66. The Hall–Kier alpha value is -2.10. The number of pyridine rings is 1. The highest BCUT2D eigenvalue weighted by Gasteiger charge is 2.40. The fraction of sp³-hybridized carbons (Fsp3) is 0.571. The molecule has 2 aliphatic rings. The Morgan fingerprint density at radius 1 is 1.39 bits per heavy atom. The molecule has 1 saturated carbocycles. The lowest BCUT2D eigenvalue weighted by Gasteiger charge is -2.35. The first-order valence-corrected chi connectivity index (χ1v) is 10.9. The molecule has 10 heteroatoms. The molecule has 2 heterocycles. The molecule has 1 aliphatic carbocycles. The molecule has 31 heavy (non-hydrogen) atoms. The molecular formula is C21H25BrF3N3O3. The van der Waals surface area contributed by atoms with Gasteiger partial charge in [0.15, 0.2) is 12.5 Å². The molecule has 0 spiro atoms. The Morgan fingerprint density at radius 3 is 2.71 bits per heavy atom. The van der Waals surface area contributed by atoms with Gasteiger partial charge in [0.1, 0.15) is 18.1 Å². The smallest absolute Gasteiger partial charge is 0.422 e. The number of aliphatic imine (C=N–C) groups is 1. The van der Waals surface area contributed by atoms with Gasteiger partial charge >= 0.3 is 6.18 Å². The van der Waals surface area contributed by atoms with E-state index in [0.717, 1.165) is 30.5 Å². The van der Waals surface area contributed by atoms with Crippen molar-refractivity contribution in [2.75, 3.05) is 13.2 Å². The van der Waals surface area contributed by atoms with Crippen molar-refractivity contribution in [1.29, 1.82) is 0 Å². The van der Waals surface area contributed by atoms with Crippen molar-refractivity contribution < 1.29 is 27.4 Å². The zero-order valence-electron chi connectivity index (χ0n) is 17.6. The summed E-state index contributed by atoms with van der Waals surface area (Å²) in [7, 11) is 0. The van der Waals surface area contributed by atoms with Crippen LogP contribution >= 0.6 is 15.9 Å². The minimum Gasteiger partial charge on any atom is -0.483 e. The Balaban J connectivity index is 1.87. The first kappa shape index (κ1) is 23.6. The van der Waals surface area contributed by atoms with Crippen LogP contribution in [-0.4, -0.2) is 41.7 Å². The summed E-state index contributed by atoms with van der Waals surface area (Å²) in [5.41, 5.74) is 1.00. The number of halogens is 4. The van der Waals surface area contributed by atoms with Crippen LogP contribution in [0.2, 0.25) is 0 Å². The van der Waals surface area contributed by atoms with Crippen molar-refractivity contribution in [3.8, 4) is 5.75 Å². The molecule has 1 atom stereocenters. The molecule has 1 aromatic heterocycles. The van der Waals surface area contributed by atoms with Gasteiger partial charge in [-0.1, -0.05) is 19.8 Å².